The van der Waals surface area contributed by atoms with Gasteiger partial charge >= 0.3 is 5.97 Å². The molecule has 21 heavy (non-hydrogen) atoms. The van der Waals surface area contributed by atoms with Crippen molar-refractivity contribution in [2.24, 2.45) is 0 Å². The Morgan fingerprint density at radius 2 is 2.00 bits per heavy atom. The number of hydrogen-bond donors (Lipinski definition) is 1. The lowest BCUT2D eigenvalue weighted by atomic mass is 10.0. The minimum atomic E-state index is -0.723. The molecule has 1 aromatic carbocycles. The molecule has 0 atom stereocenters. The van der Waals surface area contributed by atoms with E-state index in [1.807, 2.05) is 12.1 Å². The molecular formula is C17H26N2O2. The highest BCUT2D eigenvalue weighted by Gasteiger charge is 2.25. The zero-order valence-corrected chi connectivity index (χ0v) is 13.1. The van der Waals surface area contributed by atoms with Crippen molar-refractivity contribution in [3.63, 3.8) is 0 Å². The van der Waals surface area contributed by atoms with Gasteiger partial charge in [-0.3, -0.25) is 4.79 Å². The van der Waals surface area contributed by atoms with E-state index in [1.165, 1.54) is 11.3 Å². The van der Waals surface area contributed by atoms with Crippen molar-refractivity contribution in [2.75, 3.05) is 31.1 Å². The largest absolute Gasteiger partial charge is 0.481 e. The smallest absolute Gasteiger partial charge is 0.305 e. The molecule has 0 bridgehead atoms. The van der Waals surface area contributed by atoms with Crippen molar-refractivity contribution < 1.29 is 9.90 Å². The number of benzene rings is 1. The van der Waals surface area contributed by atoms with Gasteiger partial charge < -0.3 is 14.9 Å². The van der Waals surface area contributed by atoms with E-state index in [2.05, 4.69) is 35.8 Å². The van der Waals surface area contributed by atoms with Crippen LogP contribution in [0, 0.1) is 6.92 Å². The maximum absolute atomic E-state index is 11.0. The van der Waals surface area contributed by atoms with Gasteiger partial charge in [-0.1, -0.05) is 25.1 Å². The number of para-hydroxylation sites is 1. The molecule has 0 aliphatic carbocycles. The molecule has 0 radical (unpaired) electrons. The summed E-state index contributed by atoms with van der Waals surface area (Å²) in [4.78, 5) is 15.7. The first kappa shape index (κ1) is 15.8. The van der Waals surface area contributed by atoms with Crippen LogP contribution in [0.2, 0.25) is 0 Å². The summed E-state index contributed by atoms with van der Waals surface area (Å²) in [5.74, 6) is -0.723. The van der Waals surface area contributed by atoms with Gasteiger partial charge in [-0.05, 0) is 37.9 Å². The van der Waals surface area contributed by atoms with Gasteiger partial charge in [0.05, 0.1) is 6.42 Å². The monoisotopic (exact) mass is 290 g/mol. The number of piperidine rings is 1. The Morgan fingerprint density at radius 1 is 1.33 bits per heavy atom. The van der Waals surface area contributed by atoms with Gasteiger partial charge in [0.25, 0.3) is 0 Å². The fourth-order valence-electron chi connectivity index (χ4n) is 3.15. The number of anilines is 1. The number of carboxylic acid groups (broad SMARTS) is 1. The number of likely N-dealkylation sites (tertiary alicyclic amines) is 1. The molecular weight excluding hydrogens is 264 g/mol. The topological polar surface area (TPSA) is 43.8 Å². The van der Waals surface area contributed by atoms with E-state index in [0.717, 1.165) is 32.5 Å². The predicted octanol–water partition coefficient (Wildman–Crippen LogP) is 2.76. The zero-order valence-electron chi connectivity index (χ0n) is 13.1. The molecule has 0 spiro atoms. The third-order valence-corrected chi connectivity index (χ3v) is 4.44. The fraction of sp³-hybridized carbons (Fsp3) is 0.588. The van der Waals surface area contributed by atoms with Crippen molar-refractivity contribution in [3.05, 3.63) is 29.8 Å². The molecule has 4 heteroatoms. The first-order valence-electron chi connectivity index (χ1n) is 7.88. The van der Waals surface area contributed by atoms with E-state index in [-0.39, 0.29) is 6.42 Å². The quantitative estimate of drug-likeness (QED) is 0.875. The van der Waals surface area contributed by atoms with Crippen LogP contribution < -0.4 is 4.90 Å². The molecule has 1 saturated heterocycles. The first-order chi connectivity index (χ1) is 10.1. The van der Waals surface area contributed by atoms with Crippen LogP contribution in [0.5, 0.6) is 0 Å². The lowest BCUT2D eigenvalue weighted by molar-refractivity contribution is -0.136. The minimum absolute atomic E-state index is 0.197. The summed E-state index contributed by atoms with van der Waals surface area (Å²) >= 11 is 0. The van der Waals surface area contributed by atoms with Crippen LogP contribution in [0.25, 0.3) is 0 Å². The Hall–Kier alpha value is -1.55. The molecule has 0 amide bonds. The van der Waals surface area contributed by atoms with Crippen LogP contribution in [-0.2, 0) is 4.79 Å². The highest BCUT2D eigenvalue weighted by Crippen LogP contribution is 2.26. The second-order valence-electron chi connectivity index (χ2n) is 5.79. The summed E-state index contributed by atoms with van der Waals surface area (Å²) in [7, 11) is 0. The maximum atomic E-state index is 11.0. The second kappa shape index (κ2) is 7.46. The molecule has 2 rings (SSSR count). The number of aliphatic carboxylic acids is 1. The van der Waals surface area contributed by atoms with Gasteiger partial charge in [0.1, 0.15) is 0 Å². The number of nitrogens with zero attached hydrogens (tertiary/aromatic N) is 2. The molecule has 1 aliphatic heterocycles. The summed E-state index contributed by atoms with van der Waals surface area (Å²) in [5.41, 5.74) is 2.41. The maximum Gasteiger partial charge on any atom is 0.305 e. The minimum Gasteiger partial charge on any atom is -0.481 e. The third kappa shape index (κ3) is 4.21. The lowest BCUT2D eigenvalue weighted by Gasteiger charge is -2.40. The highest BCUT2D eigenvalue weighted by molar-refractivity contribution is 5.68. The van der Waals surface area contributed by atoms with Gasteiger partial charge in [-0.2, -0.15) is 0 Å². The van der Waals surface area contributed by atoms with Crippen LogP contribution in [-0.4, -0.2) is 48.2 Å². The molecule has 1 fully saturated rings. The van der Waals surface area contributed by atoms with E-state index >= 15 is 0 Å². The first-order valence-corrected chi connectivity index (χ1v) is 7.88. The Morgan fingerprint density at radius 3 is 2.57 bits per heavy atom. The van der Waals surface area contributed by atoms with E-state index < -0.39 is 5.97 Å². The van der Waals surface area contributed by atoms with Crippen molar-refractivity contribution in [1.29, 1.82) is 0 Å². The molecule has 0 aromatic heterocycles. The number of carbonyl (C=O) groups is 1. The van der Waals surface area contributed by atoms with Crippen LogP contribution in [0.15, 0.2) is 24.3 Å². The number of carboxylic acids is 1. The standard InChI is InChI=1S/C17H26N2O2/c1-3-18-11-8-15(9-12-18)19(13-10-17(20)21)16-7-5-4-6-14(16)2/h4-7,15H,3,8-13H2,1-2H3,(H,20,21). The molecule has 1 heterocycles. The molecule has 116 valence electrons. The Kier molecular flexibility index (Phi) is 5.62. The summed E-state index contributed by atoms with van der Waals surface area (Å²) < 4.78 is 0. The van der Waals surface area contributed by atoms with Crippen LogP contribution in [0.4, 0.5) is 5.69 Å². The molecule has 1 aliphatic rings. The van der Waals surface area contributed by atoms with Crippen molar-refractivity contribution >= 4 is 11.7 Å². The summed E-state index contributed by atoms with van der Waals surface area (Å²) in [6.07, 6.45) is 2.42. The van der Waals surface area contributed by atoms with Crippen molar-refractivity contribution in [1.82, 2.24) is 4.90 Å². The zero-order chi connectivity index (χ0) is 15.2. The van der Waals surface area contributed by atoms with Crippen LogP contribution in [0.3, 0.4) is 0 Å². The number of aryl methyl sites for hydroxylation is 1. The second-order valence-corrected chi connectivity index (χ2v) is 5.79. The number of rotatable bonds is 6. The van der Waals surface area contributed by atoms with E-state index in [0.29, 0.717) is 12.6 Å². The molecule has 1 aromatic rings. The summed E-state index contributed by atoms with van der Waals surface area (Å²) in [6, 6.07) is 8.74. The van der Waals surface area contributed by atoms with Crippen LogP contribution >= 0.6 is 0 Å². The normalized spacial score (nSPS) is 16.9. The van der Waals surface area contributed by atoms with Gasteiger partial charge in [0, 0.05) is 31.4 Å². The van der Waals surface area contributed by atoms with Gasteiger partial charge in [-0.25, -0.2) is 0 Å². The highest BCUT2D eigenvalue weighted by atomic mass is 16.4. The van der Waals surface area contributed by atoms with E-state index in [9.17, 15) is 4.79 Å². The van der Waals surface area contributed by atoms with Crippen molar-refractivity contribution in [2.45, 2.75) is 39.2 Å². The predicted molar refractivity (Wildman–Crippen MR) is 85.9 cm³/mol. The summed E-state index contributed by atoms with van der Waals surface area (Å²) in [6.45, 7) is 8.21. The van der Waals surface area contributed by atoms with Crippen LogP contribution in [0.1, 0.15) is 31.7 Å². The third-order valence-electron chi connectivity index (χ3n) is 4.44. The Balaban J connectivity index is 2.13. The van der Waals surface area contributed by atoms with E-state index in [4.69, 9.17) is 5.11 Å². The molecule has 0 unspecified atom stereocenters. The van der Waals surface area contributed by atoms with Gasteiger partial charge in [0.2, 0.25) is 0 Å². The molecule has 0 saturated carbocycles. The Labute approximate surface area is 127 Å². The molecule has 1 N–H and O–H groups in total. The average Bonchev–Trinajstić information content (AvgIpc) is 2.49. The Bertz CT molecular complexity index is 468. The number of hydrogen-bond acceptors (Lipinski definition) is 3. The lowest BCUT2D eigenvalue weighted by Crippen LogP contribution is -2.46. The SMILES string of the molecule is CCN1CCC(N(CCC(=O)O)c2ccccc2C)CC1. The average molecular weight is 290 g/mol. The fourth-order valence-corrected chi connectivity index (χ4v) is 3.15. The van der Waals surface area contributed by atoms with Gasteiger partial charge in [0.15, 0.2) is 0 Å². The van der Waals surface area contributed by atoms with Gasteiger partial charge in [-0.15, -0.1) is 0 Å². The molecule has 4 nitrogen and oxygen atoms in total. The summed E-state index contributed by atoms with van der Waals surface area (Å²) in [5, 5.41) is 9.02. The van der Waals surface area contributed by atoms with E-state index in [1.54, 1.807) is 0 Å². The van der Waals surface area contributed by atoms with Crippen molar-refractivity contribution in [3.8, 4) is 0 Å².